The summed E-state index contributed by atoms with van der Waals surface area (Å²) in [7, 11) is 0. The fraction of sp³-hybridized carbons (Fsp3) is 0.0667. The first-order valence-electron chi connectivity index (χ1n) is 6.03. The molecule has 0 saturated heterocycles. The lowest BCUT2D eigenvalue weighted by Crippen LogP contribution is -2.20. The molecule has 0 spiro atoms. The third kappa shape index (κ3) is 4.57. The van der Waals surface area contributed by atoms with Gasteiger partial charge in [-0.25, -0.2) is 9.18 Å². The van der Waals surface area contributed by atoms with Crippen LogP contribution in [0, 0.1) is 5.82 Å². The van der Waals surface area contributed by atoms with Crippen LogP contribution in [-0.2, 0) is 9.53 Å². The van der Waals surface area contributed by atoms with E-state index in [2.05, 4.69) is 5.32 Å². The number of carbonyl (C=O) groups excluding carboxylic acids is 2. The van der Waals surface area contributed by atoms with E-state index in [1.165, 1.54) is 36.4 Å². The number of hydrogen-bond donors (Lipinski definition) is 1. The van der Waals surface area contributed by atoms with Crippen LogP contribution >= 0.6 is 11.6 Å². The second-order valence-electron chi connectivity index (χ2n) is 4.14. The first kappa shape index (κ1) is 15.0. The van der Waals surface area contributed by atoms with Gasteiger partial charge in [0, 0.05) is 10.7 Å². The fourth-order valence-corrected chi connectivity index (χ4v) is 1.69. The molecule has 0 aromatic heterocycles. The number of amides is 1. The lowest BCUT2D eigenvalue weighted by molar-refractivity contribution is -0.119. The van der Waals surface area contributed by atoms with E-state index in [1.54, 1.807) is 12.1 Å². The van der Waals surface area contributed by atoms with Gasteiger partial charge in [0.05, 0.1) is 5.56 Å². The van der Waals surface area contributed by atoms with Gasteiger partial charge in [-0.15, -0.1) is 0 Å². The molecule has 0 saturated carbocycles. The van der Waals surface area contributed by atoms with Gasteiger partial charge >= 0.3 is 5.97 Å². The Balaban J connectivity index is 1.86. The molecule has 2 aromatic rings. The summed E-state index contributed by atoms with van der Waals surface area (Å²) < 4.78 is 17.8. The van der Waals surface area contributed by atoms with Crippen molar-refractivity contribution in [2.24, 2.45) is 0 Å². The average Bonchev–Trinajstić information content (AvgIpc) is 2.45. The average molecular weight is 308 g/mol. The largest absolute Gasteiger partial charge is 0.452 e. The molecule has 0 fully saturated rings. The zero-order chi connectivity index (χ0) is 15.2. The van der Waals surface area contributed by atoms with Crippen molar-refractivity contribution in [3.05, 3.63) is 64.9 Å². The molecule has 108 valence electrons. The highest BCUT2D eigenvalue weighted by atomic mass is 35.5. The Labute approximate surface area is 125 Å². The number of anilines is 1. The van der Waals surface area contributed by atoms with Gasteiger partial charge in [0.15, 0.2) is 6.61 Å². The highest BCUT2D eigenvalue weighted by Gasteiger charge is 2.10. The number of halogens is 2. The first-order valence-corrected chi connectivity index (χ1v) is 6.40. The van der Waals surface area contributed by atoms with E-state index in [-0.39, 0.29) is 5.56 Å². The Hall–Kier alpha value is -2.40. The molecule has 6 heteroatoms. The summed E-state index contributed by atoms with van der Waals surface area (Å²) in [5.74, 6) is -1.66. The molecule has 21 heavy (non-hydrogen) atoms. The van der Waals surface area contributed by atoms with E-state index in [9.17, 15) is 14.0 Å². The number of esters is 1. The van der Waals surface area contributed by atoms with E-state index in [1.807, 2.05) is 0 Å². The van der Waals surface area contributed by atoms with Gasteiger partial charge < -0.3 is 10.1 Å². The summed E-state index contributed by atoms with van der Waals surface area (Å²) in [6, 6.07) is 11.5. The quantitative estimate of drug-likeness (QED) is 0.882. The van der Waals surface area contributed by atoms with Crippen LogP contribution in [0.25, 0.3) is 0 Å². The number of ether oxygens (including phenoxy) is 1. The molecule has 0 bridgehead atoms. The molecule has 0 aliphatic carbocycles. The molecule has 0 atom stereocenters. The Morgan fingerprint density at radius 1 is 1.14 bits per heavy atom. The SMILES string of the molecule is O=C(COC(=O)c1ccc(Cl)cc1)Nc1cccc(F)c1. The van der Waals surface area contributed by atoms with Crippen molar-refractivity contribution in [3.8, 4) is 0 Å². The smallest absolute Gasteiger partial charge is 0.338 e. The summed E-state index contributed by atoms with van der Waals surface area (Å²) in [6.45, 7) is -0.460. The van der Waals surface area contributed by atoms with Gasteiger partial charge in [-0.1, -0.05) is 17.7 Å². The highest BCUT2D eigenvalue weighted by molar-refractivity contribution is 6.30. The molecule has 0 aliphatic heterocycles. The van der Waals surface area contributed by atoms with E-state index in [0.29, 0.717) is 10.7 Å². The molecule has 2 rings (SSSR count). The van der Waals surface area contributed by atoms with E-state index in [0.717, 1.165) is 0 Å². The third-order valence-electron chi connectivity index (χ3n) is 2.52. The number of nitrogens with one attached hydrogen (secondary N) is 1. The minimum atomic E-state index is -0.638. The zero-order valence-electron chi connectivity index (χ0n) is 10.8. The molecular formula is C15H11ClFNO3. The molecule has 4 nitrogen and oxygen atoms in total. The van der Waals surface area contributed by atoms with Crippen LogP contribution in [0.15, 0.2) is 48.5 Å². The molecule has 2 aromatic carbocycles. The summed E-state index contributed by atoms with van der Waals surface area (Å²) in [5.41, 5.74) is 0.584. The van der Waals surface area contributed by atoms with Crippen LogP contribution in [0.5, 0.6) is 0 Å². The van der Waals surface area contributed by atoms with Crippen LogP contribution in [0.3, 0.4) is 0 Å². The predicted octanol–water partition coefficient (Wildman–Crippen LogP) is 3.27. The van der Waals surface area contributed by atoms with Crippen molar-refractivity contribution < 1.29 is 18.7 Å². The maximum absolute atomic E-state index is 12.9. The fourth-order valence-electron chi connectivity index (χ4n) is 1.56. The summed E-state index contributed by atoms with van der Waals surface area (Å²) in [4.78, 5) is 23.2. The number of hydrogen-bond acceptors (Lipinski definition) is 3. The van der Waals surface area contributed by atoms with Gasteiger partial charge in [0.25, 0.3) is 5.91 Å². The summed E-state index contributed by atoms with van der Waals surface area (Å²) >= 11 is 5.70. The molecule has 1 N–H and O–H groups in total. The molecule has 0 unspecified atom stereocenters. The van der Waals surface area contributed by atoms with Crippen LogP contribution in [0.1, 0.15) is 10.4 Å². The van der Waals surface area contributed by atoms with Crippen molar-refractivity contribution in [2.45, 2.75) is 0 Å². The van der Waals surface area contributed by atoms with Gasteiger partial charge in [-0.05, 0) is 42.5 Å². The van der Waals surface area contributed by atoms with Crippen molar-refractivity contribution in [1.29, 1.82) is 0 Å². The minimum absolute atomic E-state index is 0.290. The molecular weight excluding hydrogens is 297 g/mol. The molecule has 1 amide bonds. The lowest BCUT2D eigenvalue weighted by Gasteiger charge is -2.06. The Morgan fingerprint density at radius 2 is 1.86 bits per heavy atom. The zero-order valence-corrected chi connectivity index (χ0v) is 11.6. The highest BCUT2D eigenvalue weighted by Crippen LogP contribution is 2.11. The molecule has 0 radical (unpaired) electrons. The normalized spacial score (nSPS) is 10.0. The van der Waals surface area contributed by atoms with Crippen molar-refractivity contribution in [3.63, 3.8) is 0 Å². The maximum atomic E-state index is 12.9. The lowest BCUT2D eigenvalue weighted by atomic mass is 10.2. The van der Waals surface area contributed by atoms with Crippen molar-refractivity contribution in [1.82, 2.24) is 0 Å². The van der Waals surface area contributed by atoms with Gasteiger partial charge in [0.2, 0.25) is 0 Å². The van der Waals surface area contributed by atoms with Gasteiger partial charge in [-0.3, -0.25) is 4.79 Å². The van der Waals surface area contributed by atoms with E-state index < -0.39 is 24.3 Å². The summed E-state index contributed by atoms with van der Waals surface area (Å²) in [5, 5.41) is 2.92. The minimum Gasteiger partial charge on any atom is -0.452 e. The van der Waals surface area contributed by atoms with Crippen LogP contribution < -0.4 is 5.32 Å². The number of carbonyl (C=O) groups is 2. The van der Waals surface area contributed by atoms with Crippen LogP contribution in [0.2, 0.25) is 5.02 Å². The van der Waals surface area contributed by atoms with Crippen LogP contribution in [0.4, 0.5) is 10.1 Å². The van der Waals surface area contributed by atoms with E-state index >= 15 is 0 Å². The standard InChI is InChI=1S/C15H11ClFNO3/c16-11-6-4-10(5-7-11)15(20)21-9-14(19)18-13-3-1-2-12(17)8-13/h1-8H,9H2,(H,18,19). The number of benzene rings is 2. The van der Waals surface area contributed by atoms with E-state index in [4.69, 9.17) is 16.3 Å². The first-order chi connectivity index (χ1) is 10.0. The Bertz CT molecular complexity index is 658. The van der Waals surface area contributed by atoms with Crippen molar-refractivity contribution >= 4 is 29.2 Å². The second kappa shape index (κ2) is 6.85. The molecule has 0 aliphatic rings. The van der Waals surface area contributed by atoms with Gasteiger partial charge in [-0.2, -0.15) is 0 Å². The molecule has 0 heterocycles. The third-order valence-corrected chi connectivity index (χ3v) is 2.77. The topological polar surface area (TPSA) is 55.4 Å². The number of rotatable bonds is 4. The van der Waals surface area contributed by atoms with Crippen LogP contribution in [-0.4, -0.2) is 18.5 Å². The van der Waals surface area contributed by atoms with Gasteiger partial charge in [0.1, 0.15) is 5.82 Å². The predicted molar refractivity (Wildman–Crippen MR) is 76.8 cm³/mol. The van der Waals surface area contributed by atoms with Crippen molar-refractivity contribution in [2.75, 3.05) is 11.9 Å². The maximum Gasteiger partial charge on any atom is 0.338 e. The Morgan fingerprint density at radius 3 is 2.52 bits per heavy atom. The second-order valence-corrected chi connectivity index (χ2v) is 4.58. The monoisotopic (exact) mass is 307 g/mol. The Kier molecular flexibility index (Phi) is 4.90. The summed E-state index contributed by atoms with van der Waals surface area (Å²) in [6.07, 6.45) is 0.